The Bertz CT molecular complexity index is 193. The average Bonchev–Trinajstić information content (AvgIpc) is 2.17. The predicted molar refractivity (Wildman–Crippen MR) is 63.0 cm³/mol. The van der Waals surface area contributed by atoms with Crippen LogP contribution < -0.4 is 5.32 Å². The lowest BCUT2D eigenvalue weighted by molar-refractivity contribution is 0.0133. The number of hydrogen-bond acceptors (Lipinski definition) is 2. The summed E-state index contributed by atoms with van der Waals surface area (Å²) in [5, 5.41) is 3.71. The Morgan fingerprint density at radius 1 is 1.20 bits per heavy atom. The van der Waals surface area contributed by atoms with Crippen molar-refractivity contribution in [3.05, 3.63) is 0 Å². The monoisotopic (exact) mass is 211 g/mol. The first kappa shape index (κ1) is 11.4. The van der Waals surface area contributed by atoms with Crippen LogP contribution in [-0.4, -0.2) is 25.8 Å². The summed E-state index contributed by atoms with van der Waals surface area (Å²) in [6, 6.07) is 0.730. The molecule has 2 aliphatic rings. The highest BCUT2D eigenvalue weighted by molar-refractivity contribution is 4.89. The van der Waals surface area contributed by atoms with Gasteiger partial charge in [0.2, 0.25) is 0 Å². The van der Waals surface area contributed by atoms with Crippen molar-refractivity contribution in [1.29, 1.82) is 0 Å². The Kier molecular flexibility index (Phi) is 3.68. The quantitative estimate of drug-likeness (QED) is 0.772. The molecule has 0 heterocycles. The summed E-state index contributed by atoms with van der Waals surface area (Å²) in [7, 11) is 1.82. The van der Waals surface area contributed by atoms with Gasteiger partial charge in [-0.1, -0.05) is 26.2 Å². The van der Waals surface area contributed by atoms with Gasteiger partial charge in [-0.3, -0.25) is 0 Å². The molecule has 1 N–H and O–H groups in total. The van der Waals surface area contributed by atoms with Crippen molar-refractivity contribution >= 4 is 0 Å². The van der Waals surface area contributed by atoms with Gasteiger partial charge in [0.25, 0.3) is 0 Å². The van der Waals surface area contributed by atoms with Crippen LogP contribution in [-0.2, 0) is 4.74 Å². The van der Waals surface area contributed by atoms with Crippen LogP contribution >= 0.6 is 0 Å². The molecule has 2 rings (SSSR count). The van der Waals surface area contributed by atoms with Crippen LogP contribution in [0.1, 0.15) is 51.9 Å². The Labute approximate surface area is 93.8 Å². The van der Waals surface area contributed by atoms with Gasteiger partial charge in [-0.15, -0.1) is 0 Å². The van der Waals surface area contributed by atoms with E-state index in [-0.39, 0.29) is 0 Å². The molecule has 2 aliphatic carbocycles. The first-order chi connectivity index (χ1) is 7.22. The third-order valence-corrected chi connectivity index (χ3v) is 4.31. The van der Waals surface area contributed by atoms with Crippen molar-refractivity contribution in [1.82, 2.24) is 5.32 Å². The second-order valence-electron chi connectivity index (χ2n) is 5.78. The van der Waals surface area contributed by atoms with E-state index in [9.17, 15) is 0 Å². The maximum absolute atomic E-state index is 5.29. The van der Waals surface area contributed by atoms with Crippen molar-refractivity contribution in [3.8, 4) is 0 Å². The molecule has 0 atom stereocenters. The molecule has 0 aliphatic heterocycles. The first-order valence-electron chi connectivity index (χ1n) is 6.48. The molecule has 0 bridgehead atoms. The second kappa shape index (κ2) is 4.84. The molecule has 0 aromatic carbocycles. The molecule has 88 valence electrons. The minimum atomic E-state index is 0.529. The SMILES string of the molecule is COC1CC(NCC2(C)CCCCC2)C1. The van der Waals surface area contributed by atoms with Gasteiger partial charge in [0, 0.05) is 19.7 Å². The van der Waals surface area contributed by atoms with Crippen LogP contribution in [0.5, 0.6) is 0 Å². The standard InChI is InChI=1S/C13H25NO/c1-13(6-4-3-5-7-13)10-14-11-8-12(9-11)15-2/h11-12,14H,3-10H2,1-2H3. The van der Waals surface area contributed by atoms with E-state index in [0.717, 1.165) is 6.04 Å². The number of hydrogen-bond donors (Lipinski definition) is 1. The summed E-state index contributed by atoms with van der Waals surface area (Å²) >= 11 is 0. The van der Waals surface area contributed by atoms with Crippen LogP contribution in [0.15, 0.2) is 0 Å². The summed E-state index contributed by atoms with van der Waals surface area (Å²) < 4.78 is 5.29. The molecule has 0 unspecified atom stereocenters. The average molecular weight is 211 g/mol. The van der Waals surface area contributed by atoms with Crippen LogP contribution in [0.2, 0.25) is 0 Å². The van der Waals surface area contributed by atoms with E-state index in [0.29, 0.717) is 11.5 Å². The minimum absolute atomic E-state index is 0.529. The molecule has 2 fully saturated rings. The van der Waals surface area contributed by atoms with Crippen LogP contribution in [0, 0.1) is 5.41 Å². The van der Waals surface area contributed by atoms with Gasteiger partial charge in [0.05, 0.1) is 6.10 Å². The number of rotatable bonds is 4. The van der Waals surface area contributed by atoms with Crippen molar-refractivity contribution in [2.45, 2.75) is 64.0 Å². The summed E-state index contributed by atoms with van der Waals surface area (Å²) in [4.78, 5) is 0. The lowest BCUT2D eigenvalue weighted by Gasteiger charge is -2.40. The molecule has 2 heteroatoms. The van der Waals surface area contributed by atoms with E-state index in [4.69, 9.17) is 4.74 Å². The first-order valence-corrected chi connectivity index (χ1v) is 6.48. The molecule has 0 aromatic rings. The molecule has 0 radical (unpaired) electrons. The minimum Gasteiger partial charge on any atom is -0.381 e. The fourth-order valence-corrected chi connectivity index (χ4v) is 2.90. The van der Waals surface area contributed by atoms with Crippen LogP contribution in [0.25, 0.3) is 0 Å². The topological polar surface area (TPSA) is 21.3 Å². The third-order valence-electron chi connectivity index (χ3n) is 4.31. The molecular weight excluding hydrogens is 186 g/mol. The number of ether oxygens (including phenoxy) is 1. The van der Waals surface area contributed by atoms with Gasteiger partial charge in [-0.25, -0.2) is 0 Å². The molecule has 2 nitrogen and oxygen atoms in total. The predicted octanol–water partition coefficient (Wildman–Crippen LogP) is 2.72. The van der Waals surface area contributed by atoms with Gasteiger partial charge >= 0.3 is 0 Å². The third kappa shape index (κ3) is 2.94. The fourth-order valence-electron chi connectivity index (χ4n) is 2.90. The van der Waals surface area contributed by atoms with Crippen LogP contribution in [0.3, 0.4) is 0 Å². The smallest absolute Gasteiger partial charge is 0.0601 e. The van der Waals surface area contributed by atoms with E-state index in [2.05, 4.69) is 12.2 Å². The zero-order chi connectivity index (χ0) is 10.7. The maximum atomic E-state index is 5.29. The van der Waals surface area contributed by atoms with Crippen molar-refractivity contribution in [2.75, 3.05) is 13.7 Å². The molecule has 15 heavy (non-hydrogen) atoms. The lowest BCUT2D eigenvalue weighted by atomic mass is 9.75. The Morgan fingerprint density at radius 3 is 2.47 bits per heavy atom. The Morgan fingerprint density at radius 2 is 1.87 bits per heavy atom. The number of methoxy groups -OCH3 is 1. The highest BCUT2D eigenvalue weighted by Crippen LogP contribution is 2.35. The fraction of sp³-hybridized carbons (Fsp3) is 1.00. The number of nitrogens with one attached hydrogen (secondary N) is 1. The Balaban J connectivity index is 1.65. The Hall–Kier alpha value is -0.0800. The van der Waals surface area contributed by atoms with E-state index in [1.54, 1.807) is 0 Å². The highest BCUT2D eigenvalue weighted by Gasteiger charge is 2.32. The van der Waals surface area contributed by atoms with Gasteiger partial charge in [0.15, 0.2) is 0 Å². The van der Waals surface area contributed by atoms with E-state index in [1.807, 2.05) is 7.11 Å². The zero-order valence-corrected chi connectivity index (χ0v) is 10.2. The summed E-state index contributed by atoms with van der Waals surface area (Å²) in [6.07, 6.45) is 10.1. The van der Waals surface area contributed by atoms with E-state index >= 15 is 0 Å². The normalized spacial score (nSPS) is 34.8. The molecular formula is C13H25NO. The van der Waals surface area contributed by atoms with E-state index in [1.165, 1.54) is 51.5 Å². The summed E-state index contributed by atoms with van der Waals surface area (Å²) in [5.74, 6) is 0. The van der Waals surface area contributed by atoms with Crippen molar-refractivity contribution in [3.63, 3.8) is 0 Å². The van der Waals surface area contributed by atoms with Crippen molar-refractivity contribution < 1.29 is 4.74 Å². The van der Waals surface area contributed by atoms with Gasteiger partial charge in [0.1, 0.15) is 0 Å². The summed E-state index contributed by atoms with van der Waals surface area (Å²) in [6.45, 7) is 3.67. The van der Waals surface area contributed by atoms with Crippen LogP contribution in [0.4, 0.5) is 0 Å². The second-order valence-corrected chi connectivity index (χ2v) is 5.78. The highest BCUT2D eigenvalue weighted by atomic mass is 16.5. The molecule has 0 amide bonds. The van der Waals surface area contributed by atoms with Gasteiger partial charge < -0.3 is 10.1 Å². The van der Waals surface area contributed by atoms with E-state index < -0.39 is 0 Å². The molecule has 0 aromatic heterocycles. The summed E-state index contributed by atoms with van der Waals surface area (Å²) in [5.41, 5.74) is 0.580. The van der Waals surface area contributed by atoms with Crippen molar-refractivity contribution in [2.24, 2.45) is 5.41 Å². The zero-order valence-electron chi connectivity index (χ0n) is 10.2. The van der Waals surface area contributed by atoms with Gasteiger partial charge in [-0.05, 0) is 31.1 Å². The largest absolute Gasteiger partial charge is 0.381 e. The lowest BCUT2D eigenvalue weighted by Crippen LogP contribution is -2.48. The van der Waals surface area contributed by atoms with Gasteiger partial charge in [-0.2, -0.15) is 0 Å². The molecule has 0 saturated heterocycles. The maximum Gasteiger partial charge on any atom is 0.0601 e. The molecule has 0 spiro atoms. The molecule has 2 saturated carbocycles.